The van der Waals surface area contributed by atoms with Crippen LogP contribution in [-0.2, 0) is 43.1 Å². The second-order valence-electron chi connectivity index (χ2n) is 14.1. The van der Waals surface area contributed by atoms with Crippen molar-refractivity contribution in [1.29, 1.82) is 0 Å². The highest BCUT2D eigenvalue weighted by atomic mass is 79.9. The molecule has 1 fully saturated rings. The zero-order chi connectivity index (χ0) is 43.5. The van der Waals surface area contributed by atoms with Crippen LogP contribution in [0.1, 0.15) is 59.4 Å². The van der Waals surface area contributed by atoms with E-state index in [1.165, 1.54) is 13.0 Å². The maximum absolute atomic E-state index is 13.8. The van der Waals surface area contributed by atoms with E-state index in [1.807, 2.05) is 12.2 Å². The summed E-state index contributed by atoms with van der Waals surface area (Å²) < 4.78 is 6.20. The minimum Gasteiger partial charge on any atom is -0.507 e. The van der Waals surface area contributed by atoms with Crippen LogP contribution in [0.5, 0.6) is 5.75 Å². The van der Waals surface area contributed by atoms with Gasteiger partial charge >= 0.3 is 5.97 Å². The number of allylic oxidation sites excluding steroid dienone is 8. The van der Waals surface area contributed by atoms with Gasteiger partial charge in [-0.1, -0.05) is 88.4 Å². The van der Waals surface area contributed by atoms with E-state index in [1.54, 1.807) is 82.4 Å². The van der Waals surface area contributed by atoms with E-state index in [9.17, 15) is 43.5 Å². The van der Waals surface area contributed by atoms with Crippen molar-refractivity contribution in [3.05, 3.63) is 82.9 Å². The number of halogens is 1. The number of carbonyl (C=O) groups excluding carboxylic acids is 8. The average molecular weight is 871 g/mol. The predicted molar refractivity (Wildman–Crippen MR) is 219 cm³/mol. The van der Waals surface area contributed by atoms with Crippen LogP contribution >= 0.6 is 15.9 Å². The van der Waals surface area contributed by atoms with E-state index in [4.69, 9.17) is 16.2 Å². The zero-order valence-corrected chi connectivity index (χ0v) is 34.5. The van der Waals surface area contributed by atoms with Gasteiger partial charge in [0.1, 0.15) is 42.1 Å². The lowest BCUT2D eigenvalue weighted by molar-refractivity contribution is -0.156. The first-order chi connectivity index (χ1) is 27.3. The van der Waals surface area contributed by atoms with Gasteiger partial charge in [-0.05, 0) is 58.8 Å². The molecule has 1 aromatic carbocycles. The fourth-order valence-corrected chi connectivity index (χ4v) is 5.74. The zero-order valence-electron chi connectivity index (χ0n) is 32.9. The van der Waals surface area contributed by atoms with Crippen LogP contribution in [0, 0.1) is 11.8 Å². The number of rotatable bonds is 14. The molecule has 0 aliphatic carbocycles. The van der Waals surface area contributed by atoms with Gasteiger partial charge < -0.3 is 47.9 Å². The van der Waals surface area contributed by atoms with Crippen molar-refractivity contribution in [3.8, 4) is 5.75 Å². The number of nitrogens with two attached hydrogens (primary N) is 2. The van der Waals surface area contributed by atoms with Crippen LogP contribution < -0.4 is 38.1 Å². The highest BCUT2D eigenvalue weighted by Crippen LogP contribution is 2.24. The number of hydrogen-bond donors (Lipinski definition) is 8. The number of nitrogens with one attached hydrogen (secondary N) is 5. The Hall–Kier alpha value is -6.04. The second kappa shape index (κ2) is 23.9. The first-order valence-corrected chi connectivity index (χ1v) is 19.2. The molecule has 0 spiro atoms. The van der Waals surface area contributed by atoms with E-state index in [-0.39, 0.29) is 18.1 Å². The standard InChI is InChI=1S/C40H52BrN7O10/c1-22(2)18-29-40(57)58-24(5)35(47-33(52)15-13-11-9-7-6-8-10-12-14-25-16-17-30(49)26(41)19-25)39(56)48-34(23(3)4)38(55)45-28(21-32(43)51)36(53)44-27(20-31(42)50)37(54)46-29/h6-17,19,22-24,27-29,34-35,49H,18,20-21H2,1-5H3,(H2,42,50)(H2,43,51)(H,44,53)(H,45,55)(H,46,54)(H,47,52)(H,48,56)/b7-6+,10-8+,11-9+,14-12+,15-13+/t24-,27+,28+,29+,34+,35+/m1/s1. The van der Waals surface area contributed by atoms with Gasteiger partial charge in [0.25, 0.3) is 0 Å². The Bertz CT molecular complexity index is 1840. The monoisotopic (exact) mass is 869 g/mol. The summed E-state index contributed by atoms with van der Waals surface area (Å²) in [7, 11) is 0. The minimum atomic E-state index is -1.65. The summed E-state index contributed by atoms with van der Waals surface area (Å²) in [6.45, 7) is 8.02. The molecule has 18 heteroatoms. The Balaban J connectivity index is 2.37. The number of amides is 7. The molecule has 1 saturated heterocycles. The summed E-state index contributed by atoms with van der Waals surface area (Å²) in [6, 6.07) is -2.44. The highest BCUT2D eigenvalue weighted by molar-refractivity contribution is 9.10. The van der Waals surface area contributed by atoms with Crippen LogP contribution in [-0.4, -0.2) is 88.7 Å². The number of hydrogen-bond acceptors (Lipinski definition) is 10. The number of cyclic esters (lactones) is 1. The fourth-order valence-electron chi connectivity index (χ4n) is 5.34. The molecule has 1 heterocycles. The van der Waals surface area contributed by atoms with Gasteiger partial charge in [-0.2, -0.15) is 0 Å². The number of phenols is 1. The number of carbonyl (C=O) groups is 8. The van der Waals surface area contributed by atoms with Crippen molar-refractivity contribution in [2.45, 2.75) is 90.2 Å². The number of phenolic OH excluding ortho intramolecular Hbond substituents is 1. The third-order valence-electron chi connectivity index (χ3n) is 8.27. The summed E-state index contributed by atoms with van der Waals surface area (Å²) >= 11 is 3.27. The van der Waals surface area contributed by atoms with Crippen LogP contribution in [0.2, 0.25) is 0 Å². The van der Waals surface area contributed by atoms with E-state index in [2.05, 4.69) is 42.5 Å². The van der Waals surface area contributed by atoms with Crippen LogP contribution in [0.3, 0.4) is 0 Å². The molecular weight excluding hydrogens is 818 g/mol. The average Bonchev–Trinajstić information content (AvgIpc) is 3.12. The molecule has 1 aliphatic rings. The minimum absolute atomic E-state index is 0.0293. The van der Waals surface area contributed by atoms with Crippen molar-refractivity contribution in [1.82, 2.24) is 26.6 Å². The Labute approximate surface area is 345 Å². The molecule has 0 unspecified atom stereocenters. The lowest BCUT2D eigenvalue weighted by atomic mass is 10.0. The molecule has 0 aromatic heterocycles. The molecule has 58 heavy (non-hydrogen) atoms. The highest BCUT2D eigenvalue weighted by Gasteiger charge is 2.38. The van der Waals surface area contributed by atoms with Gasteiger partial charge in [0.05, 0.1) is 17.3 Å². The van der Waals surface area contributed by atoms with Gasteiger partial charge in [-0.15, -0.1) is 0 Å². The van der Waals surface area contributed by atoms with E-state index < -0.39 is 102 Å². The first kappa shape index (κ1) is 48.1. The summed E-state index contributed by atoms with van der Waals surface area (Å²) in [5.41, 5.74) is 11.6. The maximum atomic E-state index is 13.8. The predicted octanol–water partition coefficient (Wildman–Crippen LogP) is 1.21. The van der Waals surface area contributed by atoms with Gasteiger partial charge in [-0.25, -0.2) is 4.79 Å². The number of esters is 1. The largest absolute Gasteiger partial charge is 0.507 e. The first-order valence-electron chi connectivity index (χ1n) is 18.4. The Morgan fingerprint density at radius 2 is 1.29 bits per heavy atom. The van der Waals surface area contributed by atoms with E-state index in [0.717, 1.165) is 11.6 Å². The molecule has 314 valence electrons. The van der Waals surface area contributed by atoms with E-state index >= 15 is 0 Å². The van der Waals surface area contributed by atoms with Crippen LogP contribution in [0.15, 0.2) is 77.4 Å². The number of primary amides is 2. The third-order valence-corrected chi connectivity index (χ3v) is 8.90. The molecule has 1 aromatic rings. The Kier molecular flexibility index (Phi) is 19.8. The fraction of sp³-hybridized carbons (Fsp3) is 0.400. The summed E-state index contributed by atoms with van der Waals surface area (Å²) in [5.74, 6) is -8.32. The molecule has 0 radical (unpaired) electrons. The van der Waals surface area contributed by atoms with Crippen molar-refractivity contribution < 1.29 is 48.2 Å². The van der Waals surface area contributed by atoms with Crippen molar-refractivity contribution in [3.63, 3.8) is 0 Å². The van der Waals surface area contributed by atoms with Crippen molar-refractivity contribution in [2.24, 2.45) is 23.3 Å². The Morgan fingerprint density at radius 3 is 1.81 bits per heavy atom. The van der Waals surface area contributed by atoms with Gasteiger partial charge in [0.15, 0.2) is 0 Å². The Morgan fingerprint density at radius 1 is 0.776 bits per heavy atom. The second-order valence-corrected chi connectivity index (χ2v) is 15.0. The maximum Gasteiger partial charge on any atom is 0.328 e. The summed E-state index contributed by atoms with van der Waals surface area (Å²) in [5, 5.41) is 21.8. The molecular formula is C40H52BrN7O10. The van der Waals surface area contributed by atoms with E-state index in [0.29, 0.717) is 4.47 Å². The SMILES string of the molecule is CC(C)C[C@@H]1NC(=O)[C@H](CC(N)=O)NC(=O)[C@H](CC(N)=O)NC(=O)[C@H](C(C)C)NC(=O)[C@@H](NC(=O)/C=C/C=C/C=C/C=C/C=C/c2ccc(O)c(Br)c2)[C@@H](C)OC1=O. The van der Waals surface area contributed by atoms with Gasteiger partial charge in [0.2, 0.25) is 41.4 Å². The van der Waals surface area contributed by atoms with Crippen molar-refractivity contribution >= 4 is 69.3 Å². The van der Waals surface area contributed by atoms with Crippen LogP contribution in [0.25, 0.3) is 6.08 Å². The number of aromatic hydroxyl groups is 1. The number of benzene rings is 1. The molecule has 7 amide bonds. The molecule has 0 bridgehead atoms. The molecule has 0 saturated carbocycles. The molecule has 17 nitrogen and oxygen atoms in total. The third kappa shape index (κ3) is 17.0. The summed E-state index contributed by atoms with van der Waals surface area (Å²) in [4.78, 5) is 105. The smallest absolute Gasteiger partial charge is 0.328 e. The molecule has 10 N–H and O–H groups in total. The normalized spacial score (nSPS) is 23.1. The lowest BCUT2D eigenvalue weighted by Crippen LogP contribution is -2.62. The quantitative estimate of drug-likeness (QED) is 0.0752. The van der Waals surface area contributed by atoms with Crippen molar-refractivity contribution in [2.75, 3.05) is 0 Å². The van der Waals surface area contributed by atoms with Gasteiger partial charge in [-0.3, -0.25) is 33.6 Å². The molecule has 2 rings (SSSR count). The lowest BCUT2D eigenvalue weighted by Gasteiger charge is -2.31. The number of ether oxygens (including phenoxy) is 1. The topological polar surface area (TPSA) is 278 Å². The molecule has 1 aliphatic heterocycles. The van der Waals surface area contributed by atoms with Crippen LogP contribution in [0.4, 0.5) is 0 Å². The molecule has 6 atom stereocenters. The van der Waals surface area contributed by atoms with Gasteiger partial charge in [0, 0.05) is 6.08 Å². The summed E-state index contributed by atoms with van der Waals surface area (Å²) in [6.07, 6.45) is 13.7.